The minimum Gasteiger partial charge on any atom is -0.325 e. The van der Waals surface area contributed by atoms with Crippen LogP contribution in [0.25, 0.3) is 0 Å². The lowest BCUT2D eigenvalue weighted by Gasteiger charge is -2.30. The summed E-state index contributed by atoms with van der Waals surface area (Å²) in [5.41, 5.74) is 0.281. The Hall–Kier alpha value is -1.49. The molecule has 2 fully saturated rings. The topological polar surface area (TPSA) is 104 Å². The zero-order valence-electron chi connectivity index (χ0n) is 16.0. The SMILES string of the molecule is CS(=O)(=O)N1CCC(C(=O)Nc2ccccc2S(=O)(=O)N2CCCCC2)CC1. The fraction of sp³-hybridized carbons (Fsp3) is 0.611. The summed E-state index contributed by atoms with van der Waals surface area (Å²) < 4.78 is 52.1. The lowest BCUT2D eigenvalue weighted by atomic mass is 9.97. The van der Waals surface area contributed by atoms with Crippen molar-refractivity contribution in [3.05, 3.63) is 24.3 Å². The Morgan fingerprint density at radius 2 is 1.54 bits per heavy atom. The van der Waals surface area contributed by atoms with Crippen molar-refractivity contribution in [1.82, 2.24) is 8.61 Å². The Morgan fingerprint density at radius 1 is 0.929 bits per heavy atom. The summed E-state index contributed by atoms with van der Waals surface area (Å²) in [4.78, 5) is 12.8. The van der Waals surface area contributed by atoms with Crippen LogP contribution >= 0.6 is 0 Å². The molecule has 0 unspecified atom stereocenters. The third-order valence-electron chi connectivity index (χ3n) is 5.37. The second kappa shape index (κ2) is 8.48. The van der Waals surface area contributed by atoms with Gasteiger partial charge in [-0.3, -0.25) is 4.79 Å². The molecule has 0 aliphatic carbocycles. The highest BCUT2D eigenvalue weighted by Crippen LogP contribution is 2.28. The van der Waals surface area contributed by atoms with E-state index in [0.717, 1.165) is 25.5 Å². The molecule has 0 atom stereocenters. The zero-order chi connectivity index (χ0) is 20.4. The molecule has 1 N–H and O–H groups in total. The summed E-state index contributed by atoms with van der Waals surface area (Å²) in [5.74, 6) is -0.613. The van der Waals surface area contributed by atoms with Crippen LogP contribution in [0.1, 0.15) is 32.1 Å². The Bertz CT molecular complexity index is 916. The maximum absolute atomic E-state index is 13.0. The molecule has 8 nitrogen and oxygen atoms in total. The number of hydrogen-bond acceptors (Lipinski definition) is 5. The van der Waals surface area contributed by atoms with Crippen LogP contribution in [0, 0.1) is 5.92 Å². The number of benzene rings is 1. The minimum absolute atomic E-state index is 0.110. The van der Waals surface area contributed by atoms with Crippen molar-refractivity contribution < 1.29 is 21.6 Å². The van der Waals surface area contributed by atoms with Gasteiger partial charge in [-0.1, -0.05) is 18.6 Å². The monoisotopic (exact) mass is 429 g/mol. The van der Waals surface area contributed by atoms with Gasteiger partial charge in [0.25, 0.3) is 0 Å². The van der Waals surface area contributed by atoms with Gasteiger partial charge in [0.05, 0.1) is 11.9 Å². The maximum Gasteiger partial charge on any atom is 0.245 e. The van der Waals surface area contributed by atoms with Gasteiger partial charge in [0, 0.05) is 32.1 Å². The Balaban J connectivity index is 1.72. The molecule has 1 aromatic rings. The van der Waals surface area contributed by atoms with Gasteiger partial charge in [-0.25, -0.2) is 21.1 Å². The normalized spacial score (nSPS) is 20.8. The Morgan fingerprint density at radius 3 is 2.14 bits per heavy atom. The van der Waals surface area contributed by atoms with Crippen LogP contribution in [-0.2, 0) is 24.8 Å². The molecule has 2 aliphatic heterocycles. The number of carbonyl (C=O) groups excluding carboxylic acids is 1. The van der Waals surface area contributed by atoms with Crippen molar-refractivity contribution in [3.63, 3.8) is 0 Å². The van der Waals surface area contributed by atoms with E-state index in [0.29, 0.717) is 39.0 Å². The minimum atomic E-state index is -3.67. The third kappa shape index (κ3) is 4.73. The summed E-state index contributed by atoms with van der Waals surface area (Å²) in [7, 11) is -6.92. The van der Waals surface area contributed by atoms with Crippen LogP contribution in [0.15, 0.2) is 29.2 Å². The second-order valence-corrected chi connectivity index (χ2v) is 11.3. The highest BCUT2D eigenvalue weighted by molar-refractivity contribution is 7.89. The van der Waals surface area contributed by atoms with Crippen molar-refractivity contribution in [2.75, 3.05) is 37.8 Å². The first-order valence-corrected chi connectivity index (χ1v) is 12.8. The average molecular weight is 430 g/mol. The van der Waals surface area contributed by atoms with E-state index >= 15 is 0 Å². The molecular weight excluding hydrogens is 402 g/mol. The molecule has 0 radical (unpaired) electrons. The number of hydrogen-bond donors (Lipinski definition) is 1. The molecule has 2 aliphatic rings. The highest BCUT2D eigenvalue weighted by Gasteiger charge is 2.31. The van der Waals surface area contributed by atoms with Crippen molar-refractivity contribution in [2.45, 2.75) is 37.0 Å². The van der Waals surface area contributed by atoms with E-state index in [9.17, 15) is 21.6 Å². The molecule has 0 spiro atoms. The van der Waals surface area contributed by atoms with Crippen LogP contribution in [0.3, 0.4) is 0 Å². The van der Waals surface area contributed by atoms with E-state index < -0.39 is 20.0 Å². The lowest BCUT2D eigenvalue weighted by Crippen LogP contribution is -2.41. The number of amides is 1. The van der Waals surface area contributed by atoms with Crippen LogP contribution < -0.4 is 5.32 Å². The van der Waals surface area contributed by atoms with Gasteiger partial charge in [0.15, 0.2) is 0 Å². The van der Waals surface area contributed by atoms with Crippen LogP contribution in [-0.4, -0.2) is 63.8 Å². The molecular formula is C18H27N3O5S2. The first-order chi connectivity index (χ1) is 13.2. The molecule has 156 valence electrons. The van der Waals surface area contributed by atoms with Crippen molar-refractivity contribution >= 4 is 31.6 Å². The number of nitrogens with zero attached hydrogens (tertiary/aromatic N) is 2. The molecule has 0 bridgehead atoms. The lowest BCUT2D eigenvalue weighted by molar-refractivity contribution is -0.120. The standard InChI is InChI=1S/C18H27N3O5S2/c1-27(23,24)20-13-9-15(10-14-20)18(22)19-16-7-3-4-8-17(16)28(25,26)21-11-5-2-6-12-21/h3-4,7-8,15H,2,5-6,9-14H2,1H3,(H,19,22). The van der Waals surface area contributed by atoms with E-state index in [1.165, 1.54) is 14.7 Å². The molecule has 3 rings (SSSR count). The first-order valence-electron chi connectivity index (χ1n) is 9.55. The van der Waals surface area contributed by atoms with Gasteiger partial charge in [0.2, 0.25) is 26.0 Å². The van der Waals surface area contributed by atoms with Gasteiger partial charge in [-0.15, -0.1) is 0 Å². The Kier molecular flexibility index (Phi) is 6.43. The number of sulfonamides is 2. The number of para-hydroxylation sites is 1. The van der Waals surface area contributed by atoms with Crippen molar-refractivity contribution in [2.24, 2.45) is 5.92 Å². The first kappa shape index (κ1) is 21.2. The highest BCUT2D eigenvalue weighted by atomic mass is 32.2. The van der Waals surface area contributed by atoms with Crippen LogP contribution in [0.2, 0.25) is 0 Å². The van der Waals surface area contributed by atoms with Crippen molar-refractivity contribution in [1.29, 1.82) is 0 Å². The van der Waals surface area contributed by atoms with Gasteiger partial charge < -0.3 is 5.32 Å². The second-order valence-electron chi connectivity index (χ2n) is 7.39. The van der Waals surface area contributed by atoms with Gasteiger partial charge >= 0.3 is 0 Å². The van der Waals surface area contributed by atoms with Crippen LogP contribution in [0.5, 0.6) is 0 Å². The molecule has 10 heteroatoms. The number of nitrogens with one attached hydrogen (secondary N) is 1. The van der Waals surface area contributed by atoms with Crippen molar-refractivity contribution in [3.8, 4) is 0 Å². The molecule has 1 aromatic carbocycles. The van der Waals surface area contributed by atoms with E-state index in [4.69, 9.17) is 0 Å². The van der Waals surface area contributed by atoms with Gasteiger partial charge in [-0.05, 0) is 37.8 Å². The molecule has 2 heterocycles. The van der Waals surface area contributed by atoms with E-state index in [-0.39, 0.29) is 22.4 Å². The Labute approximate surface area is 167 Å². The predicted octanol–water partition coefficient (Wildman–Crippen LogP) is 1.47. The quantitative estimate of drug-likeness (QED) is 0.763. The summed E-state index contributed by atoms with van der Waals surface area (Å²) in [6.45, 7) is 1.58. The predicted molar refractivity (Wildman–Crippen MR) is 107 cm³/mol. The zero-order valence-corrected chi connectivity index (χ0v) is 17.6. The van der Waals surface area contributed by atoms with E-state index in [1.54, 1.807) is 18.2 Å². The number of carbonyl (C=O) groups is 1. The fourth-order valence-corrected chi connectivity index (χ4v) is 6.26. The summed E-state index contributed by atoms with van der Waals surface area (Å²) in [5, 5.41) is 2.77. The molecule has 2 saturated heterocycles. The van der Waals surface area contributed by atoms with Crippen LogP contribution in [0.4, 0.5) is 5.69 Å². The smallest absolute Gasteiger partial charge is 0.245 e. The molecule has 28 heavy (non-hydrogen) atoms. The molecule has 0 aromatic heterocycles. The molecule has 1 amide bonds. The average Bonchev–Trinajstić information content (AvgIpc) is 2.68. The summed E-state index contributed by atoms with van der Waals surface area (Å²) in [6.07, 6.45) is 4.70. The largest absolute Gasteiger partial charge is 0.325 e. The fourth-order valence-electron chi connectivity index (χ4n) is 3.72. The maximum atomic E-state index is 13.0. The van der Waals surface area contributed by atoms with Gasteiger partial charge in [-0.2, -0.15) is 4.31 Å². The third-order valence-corrected chi connectivity index (χ3v) is 8.63. The molecule has 0 saturated carbocycles. The number of anilines is 1. The van der Waals surface area contributed by atoms with E-state index in [1.807, 2.05) is 0 Å². The number of rotatable bonds is 5. The van der Waals surface area contributed by atoms with Gasteiger partial charge in [0.1, 0.15) is 4.90 Å². The summed E-state index contributed by atoms with van der Waals surface area (Å²) in [6, 6.07) is 6.46. The summed E-state index contributed by atoms with van der Waals surface area (Å²) >= 11 is 0. The number of piperidine rings is 2. The van der Waals surface area contributed by atoms with E-state index in [2.05, 4.69) is 5.32 Å².